The fourth-order valence-electron chi connectivity index (χ4n) is 1.98. The van der Waals surface area contributed by atoms with Crippen LogP contribution in [0.5, 0.6) is 0 Å². The van der Waals surface area contributed by atoms with E-state index >= 15 is 0 Å². The zero-order chi connectivity index (χ0) is 11.2. The second-order valence-corrected chi connectivity index (χ2v) is 5.03. The molecule has 2 aromatic rings. The number of nitrogens with two attached hydrogens (primary N) is 1. The molecule has 0 bridgehead atoms. The van der Waals surface area contributed by atoms with Gasteiger partial charge in [0.2, 0.25) is 0 Å². The average Bonchev–Trinajstić information content (AvgIpc) is 2.97. The van der Waals surface area contributed by atoms with Crippen LogP contribution in [0.3, 0.4) is 0 Å². The van der Waals surface area contributed by atoms with Crippen LogP contribution in [0.4, 0.5) is 0 Å². The van der Waals surface area contributed by atoms with Crippen LogP contribution in [0.2, 0.25) is 5.15 Å². The first-order valence-electron chi connectivity index (χ1n) is 5.49. The smallest absolute Gasteiger partial charge is 0.133 e. The molecule has 1 heterocycles. The molecule has 1 fully saturated rings. The van der Waals surface area contributed by atoms with Crippen molar-refractivity contribution in [3.8, 4) is 0 Å². The van der Waals surface area contributed by atoms with Gasteiger partial charge in [-0.15, -0.1) is 0 Å². The third-order valence-corrected chi connectivity index (χ3v) is 3.51. The standard InChI is InChI=1S/C13H13ClN2/c14-12-10(8-13(15)5-6-13)7-9-3-1-2-4-11(9)16-12/h1-4,7H,5-6,8,15H2. The highest BCUT2D eigenvalue weighted by Crippen LogP contribution is 2.37. The average molecular weight is 233 g/mol. The third-order valence-electron chi connectivity index (χ3n) is 3.18. The summed E-state index contributed by atoms with van der Waals surface area (Å²) in [5.41, 5.74) is 8.10. The Morgan fingerprint density at radius 2 is 2.06 bits per heavy atom. The Kier molecular flexibility index (Phi) is 2.16. The summed E-state index contributed by atoms with van der Waals surface area (Å²) in [7, 11) is 0. The lowest BCUT2D eigenvalue weighted by Crippen LogP contribution is -2.24. The Morgan fingerprint density at radius 3 is 2.81 bits per heavy atom. The molecule has 1 aliphatic carbocycles. The van der Waals surface area contributed by atoms with Gasteiger partial charge in [0.1, 0.15) is 5.15 Å². The van der Waals surface area contributed by atoms with Crippen molar-refractivity contribution in [1.82, 2.24) is 4.98 Å². The van der Waals surface area contributed by atoms with Crippen molar-refractivity contribution in [2.24, 2.45) is 5.73 Å². The molecule has 0 amide bonds. The molecule has 0 atom stereocenters. The molecule has 1 aliphatic rings. The van der Waals surface area contributed by atoms with Gasteiger partial charge in [-0.1, -0.05) is 29.8 Å². The summed E-state index contributed by atoms with van der Waals surface area (Å²) in [6.45, 7) is 0. The highest BCUT2D eigenvalue weighted by Gasteiger charge is 2.38. The molecule has 1 aromatic heterocycles. The number of benzene rings is 1. The minimum atomic E-state index is -0.0201. The summed E-state index contributed by atoms with van der Waals surface area (Å²) in [5.74, 6) is 0. The number of nitrogens with zero attached hydrogens (tertiary/aromatic N) is 1. The van der Waals surface area contributed by atoms with Crippen molar-refractivity contribution in [2.75, 3.05) is 0 Å². The van der Waals surface area contributed by atoms with Gasteiger partial charge < -0.3 is 5.73 Å². The Hall–Kier alpha value is -1.12. The number of fused-ring (bicyclic) bond motifs is 1. The molecule has 16 heavy (non-hydrogen) atoms. The largest absolute Gasteiger partial charge is 0.325 e. The lowest BCUT2D eigenvalue weighted by Gasteiger charge is -2.10. The first-order chi connectivity index (χ1) is 7.66. The second kappa shape index (κ2) is 3.44. The van der Waals surface area contributed by atoms with Crippen molar-refractivity contribution in [3.63, 3.8) is 0 Å². The molecule has 0 saturated heterocycles. The molecule has 3 heteroatoms. The molecular formula is C13H13ClN2. The van der Waals surface area contributed by atoms with Crippen LogP contribution in [0.15, 0.2) is 30.3 Å². The van der Waals surface area contributed by atoms with Gasteiger partial charge in [-0.2, -0.15) is 0 Å². The van der Waals surface area contributed by atoms with E-state index < -0.39 is 0 Å². The number of para-hydroxylation sites is 1. The second-order valence-electron chi connectivity index (χ2n) is 4.67. The van der Waals surface area contributed by atoms with E-state index in [4.69, 9.17) is 17.3 Å². The first kappa shape index (κ1) is 10.1. The van der Waals surface area contributed by atoms with E-state index in [-0.39, 0.29) is 5.54 Å². The van der Waals surface area contributed by atoms with Crippen molar-refractivity contribution in [2.45, 2.75) is 24.8 Å². The van der Waals surface area contributed by atoms with Crippen LogP contribution in [0.25, 0.3) is 10.9 Å². The Labute approximate surface area is 99.4 Å². The fraction of sp³-hybridized carbons (Fsp3) is 0.308. The van der Waals surface area contributed by atoms with E-state index in [0.717, 1.165) is 35.7 Å². The Balaban J connectivity index is 2.07. The Bertz CT molecular complexity index is 547. The van der Waals surface area contributed by atoms with Crippen molar-refractivity contribution < 1.29 is 0 Å². The maximum Gasteiger partial charge on any atom is 0.133 e. The number of hydrogen-bond donors (Lipinski definition) is 1. The molecular weight excluding hydrogens is 220 g/mol. The molecule has 2 N–H and O–H groups in total. The van der Waals surface area contributed by atoms with E-state index in [1.165, 1.54) is 0 Å². The van der Waals surface area contributed by atoms with E-state index in [9.17, 15) is 0 Å². The van der Waals surface area contributed by atoms with Crippen LogP contribution in [0, 0.1) is 0 Å². The SMILES string of the molecule is NC1(Cc2cc3ccccc3nc2Cl)CC1. The topological polar surface area (TPSA) is 38.9 Å². The lowest BCUT2D eigenvalue weighted by molar-refractivity contribution is 0.671. The van der Waals surface area contributed by atoms with Crippen LogP contribution in [-0.2, 0) is 6.42 Å². The molecule has 1 saturated carbocycles. The molecule has 82 valence electrons. The van der Waals surface area contributed by atoms with Gasteiger partial charge in [-0.05, 0) is 37.0 Å². The van der Waals surface area contributed by atoms with Crippen LogP contribution < -0.4 is 5.73 Å². The quantitative estimate of drug-likeness (QED) is 0.809. The van der Waals surface area contributed by atoms with Gasteiger partial charge in [-0.3, -0.25) is 0 Å². The number of hydrogen-bond acceptors (Lipinski definition) is 2. The van der Waals surface area contributed by atoms with Gasteiger partial charge in [0.15, 0.2) is 0 Å². The Morgan fingerprint density at radius 1 is 1.31 bits per heavy atom. The predicted molar refractivity (Wildman–Crippen MR) is 66.6 cm³/mol. The fourth-order valence-corrected chi connectivity index (χ4v) is 2.19. The van der Waals surface area contributed by atoms with E-state index in [2.05, 4.69) is 17.1 Å². The summed E-state index contributed by atoms with van der Waals surface area (Å²) < 4.78 is 0. The highest BCUT2D eigenvalue weighted by molar-refractivity contribution is 6.30. The van der Waals surface area contributed by atoms with Gasteiger partial charge in [-0.25, -0.2) is 4.98 Å². The minimum absolute atomic E-state index is 0.0201. The molecule has 1 aromatic carbocycles. The molecule has 2 nitrogen and oxygen atoms in total. The molecule has 3 rings (SSSR count). The van der Waals surface area contributed by atoms with E-state index in [1.54, 1.807) is 0 Å². The van der Waals surface area contributed by atoms with Gasteiger partial charge in [0.05, 0.1) is 5.52 Å². The number of halogens is 1. The number of aromatic nitrogens is 1. The van der Waals surface area contributed by atoms with Crippen molar-refractivity contribution in [1.29, 1.82) is 0 Å². The lowest BCUT2D eigenvalue weighted by atomic mass is 10.0. The maximum atomic E-state index is 6.17. The first-order valence-corrected chi connectivity index (χ1v) is 5.87. The zero-order valence-electron chi connectivity index (χ0n) is 8.91. The molecule has 0 aliphatic heterocycles. The molecule has 0 radical (unpaired) electrons. The summed E-state index contributed by atoms with van der Waals surface area (Å²) in [6, 6.07) is 10.1. The monoisotopic (exact) mass is 232 g/mol. The van der Waals surface area contributed by atoms with Gasteiger partial charge in [0, 0.05) is 10.9 Å². The summed E-state index contributed by atoms with van der Waals surface area (Å²) in [5, 5.41) is 1.72. The van der Waals surface area contributed by atoms with Crippen LogP contribution in [0.1, 0.15) is 18.4 Å². The van der Waals surface area contributed by atoms with Crippen LogP contribution in [-0.4, -0.2) is 10.5 Å². The third kappa shape index (κ3) is 1.79. The van der Waals surface area contributed by atoms with Crippen molar-refractivity contribution in [3.05, 3.63) is 41.0 Å². The van der Waals surface area contributed by atoms with E-state index in [1.807, 2.05) is 18.2 Å². The summed E-state index contributed by atoms with van der Waals surface area (Å²) in [6.07, 6.45) is 3.02. The minimum Gasteiger partial charge on any atom is -0.325 e. The number of rotatable bonds is 2. The van der Waals surface area contributed by atoms with Gasteiger partial charge in [0.25, 0.3) is 0 Å². The maximum absolute atomic E-state index is 6.17. The highest BCUT2D eigenvalue weighted by atomic mass is 35.5. The predicted octanol–water partition coefficient (Wildman–Crippen LogP) is 2.92. The number of pyridine rings is 1. The van der Waals surface area contributed by atoms with E-state index in [0.29, 0.717) is 5.15 Å². The summed E-state index contributed by atoms with van der Waals surface area (Å²) in [4.78, 5) is 4.40. The summed E-state index contributed by atoms with van der Waals surface area (Å²) >= 11 is 6.17. The normalized spacial score (nSPS) is 17.6. The zero-order valence-corrected chi connectivity index (χ0v) is 9.67. The van der Waals surface area contributed by atoms with Crippen LogP contribution >= 0.6 is 11.6 Å². The van der Waals surface area contributed by atoms with Crippen molar-refractivity contribution >= 4 is 22.5 Å². The molecule has 0 spiro atoms. The van der Waals surface area contributed by atoms with Gasteiger partial charge >= 0.3 is 0 Å². The molecule has 0 unspecified atom stereocenters.